The number of hydrogen-bond donors (Lipinski definition) is 3. The van der Waals surface area contributed by atoms with Crippen LogP contribution in [-0.4, -0.2) is 75.8 Å². The molecule has 0 aliphatic rings. The van der Waals surface area contributed by atoms with Crippen molar-refractivity contribution in [1.29, 1.82) is 0 Å². The Balaban J connectivity index is 0.00000341. The number of benzene rings is 2. The van der Waals surface area contributed by atoms with Gasteiger partial charge in [-0.1, -0.05) is 36.4 Å². The van der Waals surface area contributed by atoms with E-state index in [0.717, 1.165) is 27.7 Å². The van der Waals surface area contributed by atoms with Gasteiger partial charge in [-0.2, -0.15) is 0 Å². The van der Waals surface area contributed by atoms with Gasteiger partial charge in [0.2, 0.25) is 0 Å². The van der Waals surface area contributed by atoms with Crippen LogP contribution < -0.4 is 0 Å². The molecule has 1 aromatic heterocycles. The van der Waals surface area contributed by atoms with Gasteiger partial charge in [0.05, 0.1) is 18.6 Å². The molecule has 0 fully saturated rings. The molecule has 0 spiro atoms. The van der Waals surface area contributed by atoms with Gasteiger partial charge in [0, 0.05) is 34.6 Å². The summed E-state index contributed by atoms with van der Waals surface area (Å²) in [6.45, 7) is 4.12. The van der Waals surface area contributed by atoms with E-state index in [1.165, 1.54) is 12.1 Å². The Labute approximate surface area is 210 Å². The van der Waals surface area contributed by atoms with Gasteiger partial charge < -0.3 is 19.9 Å². The van der Waals surface area contributed by atoms with E-state index in [1.54, 1.807) is 24.3 Å². The molecule has 7 heteroatoms. The van der Waals surface area contributed by atoms with Crippen LogP contribution in [0.2, 0.25) is 0 Å². The third kappa shape index (κ3) is 6.18. The molecule has 5 nitrogen and oxygen atoms in total. The zero-order valence-electron chi connectivity index (χ0n) is 17.0. The molecule has 3 N–H and O–H groups in total. The molecule has 0 radical (unpaired) electrons. The Morgan fingerprint density at radius 3 is 2.35 bits per heavy atom. The number of halogens is 1. The minimum atomic E-state index is -1.13. The van der Waals surface area contributed by atoms with Gasteiger partial charge in [-0.3, -0.25) is 4.79 Å². The van der Waals surface area contributed by atoms with Gasteiger partial charge in [-0.15, -0.1) is 0 Å². The van der Waals surface area contributed by atoms with Crippen LogP contribution in [-0.2, 0) is 4.79 Å². The summed E-state index contributed by atoms with van der Waals surface area (Å²) in [6, 6.07) is 14.4. The average Bonchev–Trinajstić information content (AvgIpc) is 3.00. The first-order valence-corrected chi connectivity index (χ1v) is 9.93. The summed E-state index contributed by atoms with van der Waals surface area (Å²) in [5, 5.41) is 29.9. The number of para-hydroxylation sites is 1. The van der Waals surface area contributed by atoms with Crippen LogP contribution in [0.4, 0.5) is 4.39 Å². The van der Waals surface area contributed by atoms with Gasteiger partial charge in [0.25, 0.3) is 0 Å². The van der Waals surface area contributed by atoms with Crippen molar-refractivity contribution in [2.75, 3.05) is 0 Å². The molecule has 0 amide bonds. The molecule has 0 bridgehead atoms. The van der Waals surface area contributed by atoms with Crippen LogP contribution in [0.3, 0.4) is 0 Å². The summed E-state index contributed by atoms with van der Waals surface area (Å²) in [7, 11) is 0. The molecule has 1 heterocycles. The summed E-state index contributed by atoms with van der Waals surface area (Å²) >= 11 is 0. The monoisotopic (exact) mass is 453 g/mol. The molecule has 0 aliphatic heterocycles. The number of fused-ring (bicyclic) bond motifs is 1. The molecule has 3 aromatic rings. The Morgan fingerprint density at radius 1 is 1.10 bits per heavy atom. The van der Waals surface area contributed by atoms with Gasteiger partial charge in [0.1, 0.15) is 5.82 Å². The van der Waals surface area contributed by atoms with Gasteiger partial charge in [-0.05, 0) is 43.7 Å². The minimum absolute atomic E-state index is 0. The summed E-state index contributed by atoms with van der Waals surface area (Å²) in [5.41, 5.74) is 3.65. The molecular weight excluding hydrogens is 425 g/mol. The van der Waals surface area contributed by atoms with E-state index < -0.39 is 24.6 Å². The van der Waals surface area contributed by atoms with E-state index in [2.05, 4.69) is 18.4 Å². The number of rotatable bonds is 8. The zero-order valence-corrected chi connectivity index (χ0v) is 17.0. The number of aliphatic hydroxyl groups excluding tert-OH is 2. The molecule has 0 saturated heterocycles. The SMILES string of the molecule is CC(C)n1c(C=C[C@@H](O)C[C@@H](O)CC(=O)O)c(-c2ccc(F)cc2)c2ccccc21.[CaH2]. The topological polar surface area (TPSA) is 82.7 Å². The average molecular weight is 454 g/mol. The third-order valence-electron chi connectivity index (χ3n) is 5.00. The number of aliphatic carboxylic acids is 1. The molecule has 31 heavy (non-hydrogen) atoms. The molecule has 0 aliphatic carbocycles. The van der Waals surface area contributed by atoms with Crippen molar-refractivity contribution in [2.45, 2.75) is 44.9 Å². The van der Waals surface area contributed by atoms with Crippen LogP contribution in [0, 0.1) is 5.82 Å². The molecule has 3 rings (SSSR count). The Morgan fingerprint density at radius 2 is 1.74 bits per heavy atom. The van der Waals surface area contributed by atoms with Crippen LogP contribution in [0.1, 0.15) is 38.4 Å². The first kappa shape index (κ1) is 25.6. The second-order valence-corrected chi connectivity index (χ2v) is 7.66. The van der Waals surface area contributed by atoms with Crippen molar-refractivity contribution in [1.82, 2.24) is 4.57 Å². The second-order valence-electron chi connectivity index (χ2n) is 7.66. The van der Waals surface area contributed by atoms with E-state index in [4.69, 9.17) is 5.11 Å². The first-order chi connectivity index (χ1) is 14.3. The molecule has 2 aromatic carbocycles. The van der Waals surface area contributed by atoms with Gasteiger partial charge in [-0.25, -0.2) is 4.39 Å². The molecule has 162 valence electrons. The Kier molecular flexibility index (Phi) is 9.28. The summed E-state index contributed by atoms with van der Waals surface area (Å²) in [6.07, 6.45) is 0.727. The van der Waals surface area contributed by atoms with Crippen molar-refractivity contribution < 1.29 is 24.5 Å². The van der Waals surface area contributed by atoms with Crippen molar-refractivity contribution in [3.63, 3.8) is 0 Å². The molecular formula is C24H28CaFNO4. The maximum absolute atomic E-state index is 13.5. The van der Waals surface area contributed by atoms with Crippen molar-refractivity contribution in [2.24, 2.45) is 0 Å². The quantitative estimate of drug-likeness (QED) is 0.454. The predicted octanol–water partition coefficient (Wildman–Crippen LogP) is 3.71. The maximum atomic E-state index is 13.5. The first-order valence-electron chi connectivity index (χ1n) is 9.93. The number of carboxylic acids is 1. The number of aliphatic hydroxyl groups is 2. The van der Waals surface area contributed by atoms with Crippen molar-refractivity contribution in [3.8, 4) is 11.1 Å². The number of nitrogens with zero attached hydrogens (tertiary/aromatic N) is 1. The zero-order chi connectivity index (χ0) is 21.8. The third-order valence-corrected chi connectivity index (χ3v) is 5.00. The van der Waals surface area contributed by atoms with Crippen molar-refractivity contribution in [3.05, 3.63) is 66.1 Å². The van der Waals surface area contributed by atoms with Crippen molar-refractivity contribution >= 4 is 60.7 Å². The van der Waals surface area contributed by atoms with Gasteiger partial charge >= 0.3 is 43.7 Å². The predicted molar refractivity (Wildman–Crippen MR) is 124 cm³/mol. The fraction of sp³-hybridized carbons (Fsp3) is 0.292. The number of carboxylic acid groups (broad SMARTS) is 1. The molecule has 0 unspecified atom stereocenters. The van der Waals surface area contributed by atoms with E-state index >= 15 is 0 Å². The molecule has 0 saturated carbocycles. The van der Waals surface area contributed by atoms with E-state index in [-0.39, 0.29) is 56.0 Å². The van der Waals surface area contributed by atoms with E-state index in [9.17, 15) is 19.4 Å². The fourth-order valence-electron chi connectivity index (χ4n) is 3.77. The summed E-state index contributed by atoms with van der Waals surface area (Å²) in [4.78, 5) is 10.7. The Bertz CT molecular complexity index is 1060. The number of carbonyl (C=O) groups is 1. The molecule has 2 atom stereocenters. The Hall–Kier alpha value is -1.70. The van der Waals surface area contributed by atoms with Crippen LogP contribution in [0.25, 0.3) is 28.1 Å². The van der Waals surface area contributed by atoms with Crippen LogP contribution in [0.15, 0.2) is 54.6 Å². The standard InChI is InChI=1S/C24H26FNO4.Ca.2H/c1-15(2)26-21-6-4-3-5-20(21)24(16-7-9-17(25)10-8-16)22(26)12-11-18(27)13-19(28)14-23(29)30;;;/h3-12,15,18-19,27-28H,13-14H2,1-2H3,(H,29,30);;;/t18-,19-;;;/m1.../s1. The summed E-state index contributed by atoms with van der Waals surface area (Å²) < 4.78 is 15.6. The van der Waals surface area contributed by atoms with E-state index in [1.807, 2.05) is 24.3 Å². The fourth-order valence-corrected chi connectivity index (χ4v) is 3.77. The number of aromatic nitrogens is 1. The number of hydrogen-bond acceptors (Lipinski definition) is 3. The van der Waals surface area contributed by atoms with Crippen LogP contribution >= 0.6 is 0 Å². The second kappa shape index (κ2) is 11.2. The van der Waals surface area contributed by atoms with Crippen LogP contribution in [0.5, 0.6) is 0 Å². The van der Waals surface area contributed by atoms with E-state index in [0.29, 0.717) is 0 Å². The normalized spacial score (nSPS) is 13.5. The summed E-state index contributed by atoms with van der Waals surface area (Å²) in [5.74, 6) is -1.43. The van der Waals surface area contributed by atoms with Gasteiger partial charge in [0.15, 0.2) is 0 Å².